The van der Waals surface area contributed by atoms with Crippen LogP contribution in [0.1, 0.15) is 30.3 Å². The maximum atomic E-state index is 5.66. The van der Waals surface area contributed by atoms with E-state index in [9.17, 15) is 0 Å². The molecule has 0 saturated carbocycles. The summed E-state index contributed by atoms with van der Waals surface area (Å²) in [6.07, 6.45) is 1.000. The molecule has 0 fully saturated rings. The lowest BCUT2D eigenvalue weighted by atomic mass is 10.3. The van der Waals surface area contributed by atoms with Crippen molar-refractivity contribution in [2.75, 3.05) is 5.75 Å². The van der Waals surface area contributed by atoms with Crippen molar-refractivity contribution in [1.29, 1.82) is 0 Å². The summed E-state index contributed by atoms with van der Waals surface area (Å²) in [5.74, 6) is 3.84. The number of fused-ring (bicyclic) bond motifs is 1. The Hall–Kier alpha value is -0.480. The van der Waals surface area contributed by atoms with Crippen molar-refractivity contribution in [1.82, 2.24) is 4.98 Å². The van der Waals surface area contributed by atoms with Crippen molar-refractivity contribution < 1.29 is 4.42 Å². The average molecular weight is 184 g/mol. The lowest BCUT2D eigenvalue weighted by Gasteiger charge is -2.05. The summed E-state index contributed by atoms with van der Waals surface area (Å²) in [5, 5.41) is 0. The molecule has 0 radical (unpaired) electrons. The first-order valence-electron chi connectivity index (χ1n) is 4.09. The van der Waals surface area contributed by atoms with Gasteiger partial charge in [-0.3, -0.25) is 0 Å². The highest BCUT2D eigenvalue weighted by Gasteiger charge is 2.18. The number of rotatable bonds is 1. The van der Waals surface area contributed by atoms with Crippen LogP contribution < -0.4 is 5.73 Å². The molecule has 12 heavy (non-hydrogen) atoms. The second kappa shape index (κ2) is 3.11. The average Bonchev–Trinajstić information content (AvgIpc) is 2.46. The lowest BCUT2D eigenvalue weighted by Crippen LogP contribution is -2.05. The Morgan fingerprint density at radius 3 is 3.17 bits per heavy atom. The number of thioether (sulfide) groups is 1. The number of aromatic nitrogens is 1. The van der Waals surface area contributed by atoms with Crippen LogP contribution in [0.25, 0.3) is 0 Å². The Morgan fingerprint density at radius 1 is 1.67 bits per heavy atom. The molecule has 4 heteroatoms. The monoisotopic (exact) mass is 184 g/mol. The third-order valence-electron chi connectivity index (χ3n) is 1.90. The predicted octanol–water partition coefficient (Wildman–Crippen LogP) is 1.48. The predicted molar refractivity (Wildman–Crippen MR) is 49.0 cm³/mol. The summed E-state index contributed by atoms with van der Waals surface area (Å²) >= 11 is 1.90. The van der Waals surface area contributed by atoms with Crippen molar-refractivity contribution in [2.24, 2.45) is 5.73 Å². The van der Waals surface area contributed by atoms with E-state index in [4.69, 9.17) is 10.2 Å². The number of nitrogens with two attached hydrogens (primary N) is 1. The normalized spacial score (nSPS) is 18.8. The molecule has 0 saturated heterocycles. The van der Waals surface area contributed by atoms with Gasteiger partial charge in [-0.25, -0.2) is 4.98 Å². The summed E-state index contributed by atoms with van der Waals surface area (Å²) in [6, 6.07) is -0.0828. The van der Waals surface area contributed by atoms with Gasteiger partial charge in [-0.15, -0.1) is 0 Å². The van der Waals surface area contributed by atoms with E-state index in [0.717, 1.165) is 29.4 Å². The molecule has 0 bridgehead atoms. The highest BCUT2D eigenvalue weighted by molar-refractivity contribution is 7.98. The van der Waals surface area contributed by atoms with Crippen molar-refractivity contribution >= 4 is 11.8 Å². The Balaban J connectivity index is 2.32. The molecule has 1 unspecified atom stereocenters. The molecule has 0 spiro atoms. The van der Waals surface area contributed by atoms with Crippen LogP contribution in [0.4, 0.5) is 0 Å². The van der Waals surface area contributed by atoms with Crippen molar-refractivity contribution in [3.8, 4) is 0 Å². The van der Waals surface area contributed by atoms with Gasteiger partial charge in [0.15, 0.2) is 0 Å². The maximum Gasteiger partial charge on any atom is 0.211 e. The highest BCUT2D eigenvalue weighted by Crippen LogP contribution is 2.26. The molecule has 2 rings (SSSR count). The number of nitrogens with zero attached hydrogens (tertiary/aromatic N) is 1. The van der Waals surface area contributed by atoms with Gasteiger partial charge in [-0.1, -0.05) is 0 Å². The molecule has 0 aliphatic carbocycles. The first kappa shape index (κ1) is 8.13. The molecular formula is C8H12N2OS. The number of oxazole rings is 1. The van der Waals surface area contributed by atoms with Gasteiger partial charge >= 0.3 is 0 Å². The molecule has 0 amide bonds. The van der Waals surface area contributed by atoms with Gasteiger partial charge in [0.2, 0.25) is 5.89 Å². The van der Waals surface area contributed by atoms with E-state index in [1.54, 1.807) is 0 Å². The topological polar surface area (TPSA) is 52.0 Å². The third kappa shape index (κ3) is 1.36. The van der Waals surface area contributed by atoms with E-state index in [1.807, 2.05) is 18.7 Å². The van der Waals surface area contributed by atoms with Crippen LogP contribution in [0, 0.1) is 0 Å². The van der Waals surface area contributed by atoms with Gasteiger partial charge in [0, 0.05) is 17.9 Å². The SMILES string of the molecule is CC(N)c1nc2c(o1)CCSC2. The van der Waals surface area contributed by atoms with Gasteiger partial charge in [0.1, 0.15) is 5.76 Å². The van der Waals surface area contributed by atoms with E-state index >= 15 is 0 Å². The van der Waals surface area contributed by atoms with Gasteiger partial charge in [0.05, 0.1) is 11.7 Å². The van der Waals surface area contributed by atoms with Crippen LogP contribution in [0.15, 0.2) is 4.42 Å². The van der Waals surface area contributed by atoms with E-state index < -0.39 is 0 Å². The summed E-state index contributed by atoms with van der Waals surface area (Å²) in [6.45, 7) is 1.89. The third-order valence-corrected chi connectivity index (χ3v) is 2.87. The standard InChI is InChI=1S/C8H12N2OS/c1-5(9)8-10-6-4-12-3-2-7(6)11-8/h5H,2-4,9H2,1H3. The Bertz CT molecular complexity index is 259. The van der Waals surface area contributed by atoms with Crippen LogP contribution in [-0.2, 0) is 12.2 Å². The van der Waals surface area contributed by atoms with Crippen LogP contribution in [0.3, 0.4) is 0 Å². The first-order chi connectivity index (χ1) is 5.77. The van der Waals surface area contributed by atoms with Gasteiger partial charge in [0.25, 0.3) is 0 Å². The molecule has 2 heterocycles. The summed E-state index contributed by atoms with van der Waals surface area (Å²) in [5.41, 5.74) is 6.76. The number of aryl methyl sites for hydroxylation is 1. The number of hydrogen-bond donors (Lipinski definition) is 1. The van der Waals surface area contributed by atoms with Gasteiger partial charge in [-0.2, -0.15) is 11.8 Å². The fourth-order valence-electron chi connectivity index (χ4n) is 1.24. The van der Waals surface area contributed by atoms with Crippen molar-refractivity contribution in [3.63, 3.8) is 0 Å². The fraction of sp³-hybridized carbons (Fsp3) is 0.625. The van der Waals surface area contributed by atoms with Crippen LogP contribution in [0.2, 0.25) is 0 Å². The summed E-state index contributed by atoms with van der Waals surface area (Å²) < 4.78 is 5.52. The second-order valence-corrected chi connectivity index (χ2v) is 4.12. The minimum Gasteiger partial charge on any atom is -0.444 e. The molecule has 1 atom stereocenters. The Morgan fingerprint density at radius 2 is 2.50 bits per heavy atom. The largest absolute Gasteiger partial charge is 0.444 e. The van der Waals surface area contributed by atoms with Crippen molar-refractivity contribution in [3.05, 3.63) is 17.3 Å². The first-order valence-corrected chi connectivity index (χ1v) is 5.24. The van der Waals surface area contributed by atoms with Crippen LogP contribution in [-0.4, -0.2) is 10.7 Å². The number of hydrogen-bond acceptors (Lipinski definition) is 4. The zero-order valence-electron chi connectivity index (χ0n) is 7.04. The molecule has 1 aromatic rings. The zero-order chi connectivity index (χ0) is 8.55. The minimum absolute atomic E-state index is 0.0828. The Labute approximate surface area is 75.7 Å². The molecule has 0 aromatic carbocycles. The van der Waals surface area contributed by atoms with Gasteiger partial charge < -0.3 is 10.2 Å². The molecule has 1 aliphatic heterocycles. The summed E-state index contributed by atoms with van der Waals surface area (Å²) in [7, 11) is 0. The van der Waals surface area contributed by atoms with E-state index in [0.29, 0.717) is 5.89 Å². The quantitative estimate of drug-likeness (QED) is 0.718. The van der Waals surface area contributed by atoms with Crippen molar-refractivity contribution in [2.45, 2.75) is 25.1 Å². The highest BCUT2D eigenvalue weighted by atomic mass is 32.2. The summed E-state index contributed by atoms with van der Waals surface area (Å²) in [4.78, 5) is 4.34. The molecule has 3 nitrogen and oxygen atoms in total. The van der Waals surface area contributed by atoms with Crippen LogP contribution in [0.5, 0.6) is 0 Å². The molecule has 1 aromatic heterocycles. The van der Waals surface area contributed by atoms with Gasteiger partial charge in [-0.05, 0) is 6.92 Å². The second-order valence-electron chi connectivity index (χ2n) is 3.01. The van der Waals surface area contributed by atoms with Crippen LogP contribution >= 0.6 is 11.8 Å². The Kier molecular flexibility index (Phi) is 2.11. The molecule has 1 aliphatic rings. The maximum absolute atomic E-state index is 5.66. The van der Waals surface area contributed by atoms with E-state index in [1.165, 1.54) is 0 Å². The lowest BCUT2D eigenvalue weighted by molar-refractivity contribution is 0.433. The smallest absolute Gasteiger partial charge is 0.211 e. The molecule has 66 valence electrons. The molecule has 2 N–H and O–H groups in total. The molecular weight excluding hydrogens is 172 g/mol. The zero-order valence-corrected chi connectivity index (χ0v) is 7.86. The van der Waals surface area contributed by atoms with E-state index in [-0.39, 0.29) is 6.04 Å². The minimum atomic E-state index is -0.0828. The fourth-order valence-corrected chi connectivity index (χ4v) is 2.13. The van der Waals surface area contributed by atoms with E-state index in [2.05, 4.69) is 4.98 Å².